The lowest BCUT2D eigenvalue weighted by Gasteiger charge is -2.08. The molecule has 20 heavy (non-hydrogen) atoms. The van der Waals surface area contributed by atoms with E-state index in [0.29, 0.717) is 26.4 Å². The zero-order valence-corrected chi connectivity index (χ0v) is 13.5. The summed E-state index contributed by atoms with van der Waals surface area (Å²) < 4.78 is 2.14. The van der Waals surface area contributed by atoms with Crippen molar-refractivity contribution in [2.75, 3.05) is 5.32 Å². The maximum Gasteiger partial charge on any atom is 0.256 e. The Morgan fingerprint density at radius 1 is 1.55 bits per heavy atom. The largest absolute Gasteiger partial charge is 0.389 e. The third-order valence-corrected chi connectivity index (χ3v) is 4.05. The van der Waals surface area contributed by atoms with Crippen LogP contribution in [0.4, 0.5) is 5.82 Å². The van der Waals surface area contributed by atoms with E-state index in [0.717, 1.165) is 0 Å². The van der Waals surface area contributed by atoms with E-state index in [1.54, 1.807) is 25.2 Å². The molecule has 0 spiro atoms. The van der Waals surface area contributed by atoms with Crippen molar-refractivity contribution in [3.8, 4) is 0 Å². The number of aryl methyl sites for hydroxylation is 1. The highest BCUT2D eigenvalue weighted by Crippen LogP contribution is 2.24. The van der Waals surface area contributed by atoms with E-state index in [9.17, 15) is 4.79 Å². The third kappa shape index (κ3) is 3.00. The molecule has 0 saturated heterocycles. The van der Waals surface area contributed by atoms with E-state index in [1.807, 2.05) is 0 Å². The Balaban J connectivity index is 2.30. The second-order valence-electron chi connectivity index (χ2n) is 3.98. The first-order valence-electron chi connectivity index (χ1n) is 5.48. The maximum atomic E-state index is 12.2. The number of carbonyl (C=O) groups excluding carboxylic acids is 1. The first-order chi connectivity index (χ1) is 9.40. The zero-order valence-electron chi connectivity index (χ0n) is 10.4. The van der Waals surface area contributed by atoms with Crippen molar-refractivity contribution < 1.29 is 4.79 Å². The van der Waals surface area contributed by atoms with Crippen LogP contribution in [0, 0.1) is 0 Å². The van der Waals surface area contributed by atoms with Crippen LogP contribution in [-0.2, 0) is 7.05 Å². The molecule has 0 saturated carbocycles. The van der Waals surface area contributed by atoms with Gasteiger partial charge in [-0.15, -0.1) is 0 Å². The highest BCUT2D eigenvalue weighted by Gasteiger charge is 2.15. The van der Waals surface area contributed by atoms with Crippen LogP contribution in [0.3, 0.4) is 0 Å². The number of thiocarbonyl (C=S) groups is 1. The molecule has 8 heteroatoms. The van der Waals surface area contributed by atoms with Crippen LogP contribution >= 0.6 is 39.7 Å². The normalized spacial score (nSPS) is 10.3. The number of rotatable bonds is 3. The fraction of sp³-hybridized carbons (Fsp3) is 0.0833. The second kappa shape index (κ2) is 5.90. The first-order valence-corrected chi connectivity index (χ1v) is 7.06. The Labute approximate surface area is 134 Å². The minimum absolute atomic E-state index is 0.172. The number of nitrogens with two attached hydrogens (primary N) is 1. The van der Waals surface area contributed by atoms with E-state index in [4.69, 9.17) is 29.6 Å². The van der Waals surface area contributed by atoms with E-state index in [1.165, 1.54) is 10.9 Å². The SMILES string of the molecule is Cn1ncc(C(N)=S)c1NC(=O)c1ccc(Cl)c(Br)c1. The number of halogens is 2. The lowest BCUT2D eigenvalue weighted by Crippen LogP contribution is -2.18. The number of hydrogen-bond donors (Lipinski definition) is 2. The van der Waals surface area contributed by atoms with Crippen LogP contribution in [-0.4, -0.2) is 20.7 Å². The summed E-state index contributed by atoms with van der Waals surface area (Å²) in [5.74, 6) is 0.150. The smallest absolute Gasteiger partial charge is 0.256 e. The lowest BCUT2D eigenvalue weighted by atomic mass is 10.2. The molecule has 5 nitrogen and oxygen atoms in total. The second-order valence-corrected chi connectivity index (χ2v) is 5.68. The summed E-state index contributed by atoms with van der Waals surface area (Å²) in [4.78, 5) is 12.4. The number of carbonyl (C=O) groups is 1. The predicted molar refractivity (Wildman–Crippen MR) is 86.2 cm³/mol. The zero-order chi connectivity index (χ0) is 14.9. The molecule has 2 aromatic rings. The van der Waals surface area contributed by atoms with Crippen LogP contribution in [0.15, 0.2) is 28.9 Å². The number of benzene rings is 1. The first kappa shape index (κ1) is 15.0. The molecule has 1 aromatic heterocycles. The molecule has 2 rings (SSSR count). The quantitative estimate of drug-likeness (QED) is 0.811. The molecule has 3 N–H and O–H groups in total. The Bertz CT molecular complexity index is 701. The molecule has 1 aromatic carbocycles. The molecule has 1 heterocycles. The van der Waals surface area contributed by atoms with Gasteiger partial charge < -0.3 is 11.1 Å². The Kier molecular flexibility index (Phi) is 4.42. The fourth-order valence-electron chi connectivity index (χ4n) is 1.58. The maximum absolute atomic E-state index is 12.2. The van der Waals surface area contributed by atoms with Crippen LogP contribution in [0.2, 0.25) is 5.02 Å². The van der Waals surface area contributed by atoms with Gasteiger partial charge in [-0.05, 0) is 34.1 Å². The molecule has 0 atom stereocenters. The van der Waals surface area contributed by atoms with E-state index >= 15 is 0 Å². The van der Waals surface area contributed by atoms with Gasteiger partial charge in [0.05, 0.1) is 16.8 Å². The molecule has 1 amide bonds. The Morgan fingerprint density at radius 2 is 2.25 bits per heavy atom. The van der Waals surface area contributed by atoms with Gasteiger partial charge in [-0.3, -0.25) is 9.48 Å². The molecule has 104 valence electrons. The molecule has 0 aliphatic carbocycles. The van der Waals surface area contributed by atoms with Crippen molar-refractivity contribution in [3.05, 3.63) is 45.0 Å². The van der Waals surface area contributed by atoms with Crippen molar-refractivity contribution in [2.45, 2.75) is 0 Å². The highest BCUT2D eigenvalue weighted by atomic mass is 79.9. The third-order valence-electron chi connectivity index (χ3n) is 2.62. The van der Waals surface area contributed by atoms with Gasteiger partial charge in [0.2, 0.25) is 0 Å². The molecule has 0 aliphatic heterocycles. The molecular formula is C12H10BrClN4OS. The number of anilines is 1. The lowest BCUT2D eigenvalue weighted by molar-refractivity contribution is 0.102. The number of nitrogens with one attached hydrogen (secondary N) is 1. The summed E-state index contributed by atoms with van der Waals surface area (Å²) in [5, 5.41) is 7.29. The van der Waals surface area contributed by atoms with E-state index in [-0.39, 0.29) is 10.9 Å². The van der Waals surface area contributed by atoms with Gasteiger partial charge in [-0.2, -0.15) is 5.10 Å². The van der Waals surface area contributed by atoms with Crippen LogP contribution < -0.4 is 11.1 Å². The topological polar surface area (TPSA) is 72.9 Å². The highest BCUT2D eigenvalue weighted by molar-refractivity contribution is 9.10. The number of amides is 1. The van der Waals surface area contributed by atoms with Gasteiger partial charge in [-0.25, -0.2) is 0 Å². The van der Waals surface area contributed by atoms with Crippen molar-refractivity contribution in [1.82, 2.24) is 9.78 Å². The molecule has 0 radical (unpaired) electrons. The summed E-state index contributed by atoms with van der Waals surface area (Å²) in [6.45, 7) is 0. The van der Waals surface area contributed by atoms with E-state index in [2.05, 4.69) is 26.3 Å². The number of hydrogen-bond acceptors (Lipinski definition) is 3. The van der Waals surface area contributed by atoms with Crippen LogP contribution in [0.5, 0.6) is 0 Å². The van der Waals surface area contributed by atoms with Crippen LogP contribution in [0.1, 0.15) is 15.9 Å². The average Bonchev–Trinajstić information content (AvgIpc) is 2.74. The molecule has 0 aliphatic rings. The Hall–Kier alpha value is -1.44. The van der Waals surface area contributed by atoms with Gasteiger partial charge in [0.25, 0.3) is 5.91 Å². The standard InChI is InChI=1S/C12H10BrClN4OS/c1-18-11(7(5-16-18)10(15)20)17-12(19)6-2-3-9(14)8(13)4-6/h2-5H,1H3,(H2,15,20)(H,17,19). The van der Waals surface area contributed by atoms with Gasteiger partial charge >= 0.3 is 0 Å². The Morgan fingerprint density at radius 3 is 2.85 bits per heavy atom. The predicted octanol–water partition coefficient (Wildman–Crippen LogP) is 2.72. The van der Waals surface area contributed by atoms with Crippen molar-refractivity contribution >= 4 is 56.5 Å². The van der Waals surface area contributed by atoms with Gasteiger partial charge in [0.1, 0.15) is 10.8 Å². The number of nitrogens with zero attached hydrogens (tertiary/aromatic N) is 2. The molecule has 0 bridgehead atoms. The van der Waals surface area contributed by atoms with Crippen LogP contribution in [0.25, 0.3) is 0 Å². The minimum Gasteiger partial charge on any atom is -0.389 e. The monoisotopic (exact) mass is 372 g/mol. The van der Waals surface area contributed by atoms with Gasteiger partial charge in [-0.1, -0.05) is 23.8 Å². The fourth-order valence-corrected chi connectivity index (χ4v) is 2.23. The molecule has 0 fully saturated rings. The summed E-state index contributed by atoms with van der Waals surface area (Å²) >= 11 is 14.1. The average molecular weight is 374 g/mol. The van der Waals surface area contributed by atoms with Crippen molar-refractivity contribution in [1.29, 1.82) is 0 Å². The summed E-state index contributed by atoms with van der Waals surface area (Å²) in [7, 11) is 1.69. The number of aromatic nitrogens is 2. The van der Waals surface area contributed by atoms with Crippen molar-refractivity contribution in [3.63, 3.8) is 0 Å². The minimum atomic E-state index is -0.302. The van der Waals surface area contributed by atoms with Gasteiger partial charge in [0.15, 0.2) is 0 Å². The summed E-state index contributed by atoms with van der Waals surface area (Å²) in [6.07, 6.45) is 1.51. The van der Waals surface area contributed by atoms with Crippen molar-refractivity contribution in [2.24, 2.45) is 12.8 Å². The summed E-state index contributed by atoms with van der Waals surface area (Å²) in [6, 6.07) is 4.89. The van der Waals surface area contributed by atoms with E-state index < -0.39 is 0 Å². The van der Waals surface area contributed by atoms with Gasteiger partial charge in [0, 0.05) is 17.1 Å². The summed E-state index contributed by atoms with van der Waals surface area (Å²) in [5.41, 5.74) is 6.56. The molecular weight excluding hydrogens is 364 g/mol. The molecule has 0 unspecified atom stereocenters.